The van der Waals surface area contributed by atoms with Crippen molar-refractivity contribution in [1.29, 1.82) is 0 Å². The molecule has 0 bridgehead atoms. The van der Waals surface area contributed by atoms with E-state index in [-0.39, 0.29) is 18.5 Å². The number of nitrogens with zero attached hydrogens (tertiary/aromatic N) is 1. The van der Waals surface area contributed by atoms with Crippen molar-refractivity contribution in [3.05, 3.63) is 107 Å². The van der Waals surface area contributed by atoms with Crippen molar-refractivity contribution in [3.63, 3.8) is 0 Å². The molecule has 0 unspecified atom stereocenters. The van der Waals surface area contributed by atoms with Crippen molar-refractivity contribution in [1.82, 2.24) is 4.57 Å². The largest absolute Gasteiger partial charge is 0.486 e. The van der Waals surface area contributed by atoms with Gasteiger partial charge in [-0.1, -0.05) is 48.5 Å². The highest BCUT2D eigenvalue weighted by molar-refractivity contribution is 5.99. The Balaban J connectivity index is 1.16. The summed E-state index contributed by atoms with van der Waals surface area (Å²) in [6.07, 6.45) is -0.191. The average molecular weight is 510 g/mol. The molecule has 2 aliphatic rings. The van der Waals surface area contributed by atoms with E-state index in [9.17, 15) is 9.59 Å². The van der Waals surface area contributed by atoms with Crippen LogP contribution in [0.25, 0.3) is 0 Å². The molecule has 0 saturated heterocycles. The number of aryl methyl sites for hydroxylation is 1. The van der Waals surface area contributed by atoms with Crippen LogP contribution in [-0.2, 0) is 16.1 Å². The quantitative estimate of drug-likeness (QED) is 0.249. The molecule has 0 amide bonds. The van der Waals surface area contributed by atoms with E-state index in [4.69, 9.17) is 18.9 Å². The van der Waals surface area contributed by atoms with Crippen LogP contribution in [0.2, 0.25) is 0 Å². The highest BCUT2D eigenvalue weighted by atomic mass is 16.6. The number of para-hydroxylation sites is 4. The highest BCUT2D eigenvalue weighted by Gasteiger charge is 2.34. The number of Topliss-reactive ketones (excluding diaryl/α,β-unsaturated/α-hetero) is 1. The summed E-state index contributed by atoms with van der Waals surface area (Å²) < 4.78 is 25.6. The van der Waals surface area contributed by atoms with Crippen LogP contribution < -0.4 is 14.2 Å². The van der Waals surface area contributed by atoms with Crippen molar-refractivity contribution < 1.29 is 28.5 Å². The lowest BCUT2D eigenvalue weighted by Gasteiger charge is -2.27. The van der Waals surface area contributed by atoms with E-state index in [1.807, 2.05) is 97.3 Å². The van der Waals surface area contributed by atoms with E-state index in [1.54, 1.807) is 0 Å². The summed E-state index contributed by atoms with van der Waals surface area (Å²) in [4.78, 5) is 26.5. The Bertz CT molecular complexity index is 1490. The van der Waals surface area contributed by atoms with Crippen molar-refractivity contribution in [3.8, 4) is 23.0 Å². The zero-order valence-corrected chi connectivity index (χ0v) is 21.2. The zero-order valence-electron chi connectivity index (χ0n) is 21.2. The van der Waals surface area contributed by atoms with Crippen molar-refractivity contribution in [2.45, 2.75) is 32.4 Å². The van der Waals surface area contributed by atoms with Crippen LogP contribution in [-0.4, -0.2) is 35.6 Å². The maximum absolute atomic E-state index is 13.3. The fourth-order valence-corrected chi connectivity index (χ4v) is 5.18. The van der Waals surface area contributed by atoms with Gasteiger partial charge in [0, 0.05) is 28.1 Å². The summed E-state index contributed by atoms with van der Waals surface area (Å²) in [5, 5.41) is 0. The number of fused-ring (bicyclic) bond motifs is 3. The fraction of sp³-hybridized carbons (Fsp3) is 0.226. The van der Waals surface area contributed by atoms with Crippen LogP contribution in [0.15, 0.2) is 78.9 Å². The summed E-state index contributed by atoms with van der Waals surface area (Å²) >= 11 is 0. The van der Waals surface area contributed by atoms with Gasteiger partial charge in [0.05, 0.1) is 6.54 Å². The third-order valence-electron chi connectivity index (χ3n) is 7.09. The first-order valence-electron chi connectivity index (χ1n) is 12.6. The van der Waals surface area contributed by atoms with Crippen molar-refractivity contribution >= 4 is 11.8 Å². The maximum Gasteiger partial charge on any atom is 0.318 e. The van der Waals surface area contributed by atoms with Gasteiger partial charge >= 0.3 is 5.97 Å². The normalized spacial score (nSPS) is 15.7. The third-order valence-corrected chi connectivity index (χ3v) is 7.09. The van der Waals surface area contributed by atoms with Gasteiger partial charge in [0.25, 0.3) is 0 Å². The van der Waals surface area contributed by atoms with Crippen LogP contribution in [0.3, 0.4) is 0 Å². The van der Waals surface area contributed by atoms with E-state index in [0.717, 1.165) is 28.3 Å². The van der Waals surface area contributed by atoms with Gasteiger partial charge in [0.1, 0.15) is 24.0 Å². The van der Waals surface area contributed by atoms with Crippen LogP contribution >= 0.6 is 0 Å². The minimum atomic E-state index is -0.664. The first-order chi connectivity index (χ1) is 18.5. The number of hydrogen-bond donors (Lipinski definition) is 0. The van der Waals surface area contributed by atoms with E-state index in [0.29, 0.717) is 36.0 Å². The molecule has 6 rings (SSSR count). The zero-order chi connectivity index (χ0) is 26.2. The van der Waals surface area contributed by atoms with Crippen LogP contribution in [0.1, 0.15) is 38.8 Å². The Hall–Kier alpha value is -4.52. The standard InChI is InChI=1S/C31H27NO6/c1-19-15-24(20(2)32(19)16-21-17-35-28-13-7-8-14-29(28)37-21)25(33)18-36-31(34)30-22-9-3-5-11-26(22)38-27-12-6-4-10-23(27)30/h3-15,21,30H,16-18H2,1-2H3/t21-/m1/s1. The Morgan fingerprint density at radius 3 is 2.16 bits per heavy atom. The Labute approximate surface area is 220 Å². The molecule has 0 aliphatic carbocycles. The SMILES string of the molecule is Cc1cc(C(=O)COC(=O)C2c3ccccc3Oc3ccccc32)c(C)n1C[C@@H]1COc2ccccc2O1. The van der Waals surface area contributed by atoms with Crippen LogP contribution in [0, 0.1) is 13.8 Å². The average Bonchev–Trinajstić information content (AvgIpc) is 3.22. The van der Waals surface area contributed by atoms with Gasteiger partial charge in [-0.3, -0.25) is 9.59 Å². The minimum absolute atomic E-state index is 0.191. The fourth-order valence-electron chi connectivity index (χ4n) is 5.18. The Morgan fingerprint density at radius 1 is 0.868 bits per heavy atom. The van der Waals surface area contributed by atoms with Gasteiger partial charge in [-0.05, 0) is 44.2 Å². The highest BCUT2D eigenvalue weighted by Crippen LogP contribution is 2.44. The summed E-state index contributed by atoms with van der Waals surface area (Å²) in [6.45, 7) is 4.45. The molecule has 1 aromatic heterocycles. The van der Waals surface area contributed by atoms with Crippen molar-refractivity contribution in [2.75, 3.05) is 13.2 Å². The monoisotopic (exact) mass is 509 g/mol. The number of carbonyl (C=O) groups excluding carboxylic acids is 2. The first kappa shape index (κ1) is 23.9. The molecule has 0 spiro atoms. The van der Waals surface area contributed by atoms with Gasteiger partial charge in [0.15, 0.2) is 24.2 Å². The molecular weight excluding hydrogens is 482 g/mol. The summed E-state index contributed by atoms with van der Waals surface area (Å²) in [6, 6.07) is 24.2. The summed E-state index contributed by atoms with van der Waals surface area (Å²) in [7, 11) is 0. The number of ketones is 1. The number of hydrogen-bond acceptors (Lipinski definition) is 6. The van der Waals surface area contributed by atoms with E-state index < -0.39 is 11.9 Å². The lowest BCUT2D eigenvalue weighted by atomic mass is 9.88. The molecule has 1 atom stereocenters. The summed E-state index contributed by atoms with van der Waals surface area (Å²) in [5.74, 6) is 1.27. The second-order valence-corrected chi connectivity index (χ2v) is 9.53. The molecule has 7 heteroatoms. The van der Waals surface area contributed by atoms with Crippen molar-refractivity contribution in [2.24, 2.45) is 0 Å². The molecule has 0 fully saturated rings. The minimum Gasteiger partial charge on any atom is -0.486 e. The molecule has 2 aliphatic heterocycles. The molecule has 0 saturated carbocycles. The Kier molecular flexibility index (Phi) is 6.12. The number of rotatable bonds is 6. The van der Waals surface area contributed by atoms with Gasteiger partial charge in [0.2, 0.25) is 5.78 Å². The molecule has 3 heterocycles. The van der Waals surface area contributed by atoms with Gasteiger partial charge in [-0.15, -0.1) is 0 Å². The molecule has 7 nitrogen and oxygen atoms in total. The van der Waals surface area contributed by atoms with Gasteiger partial charge in [-0.2, -0.15) is 0 Å². The number of benzene rings is 3. The number of carbonyl (C=O) groups is 2. The number of aromatic nitrogens is 1. The maximum atomic E-state index is 13.3. The molecule has 38 heavy (non-hydrogen) atoms. The lowest BCUT2D eigenvalue weighted by Crippen LogP contribution is -2.33. The molecule has 4 aromatic rings. The molecular formula is C31H27NO6. The topological polar surface area (TPSA) is 76.0 Å². The van der Waals surface area contributed by atoms with Gasteiger partial charge in [-0.25, -0.2) is 0 Å². The predicted octanol–water partition coefficient (Wildman–Crippen LogP) is 5.61. The third kappa shape index (κ3) is 4.30. The second-order valence-electron chi connectivity index (χ2n) is 9.53. The van der Waals surface area contributed by atoms with Gasteiger partial charge < -0.3 is 23.5 Å². The lowest BCUT2D eigenvalue weighted by molar-refractivity contribution is -0.143. The second kappa shape index (κ2) is 9.74. The smallest absolute Gasteiger partial charge is 0.318 e. The van der Waals surface area contributed by atoms with E-state index >= 15 is 0 Å². The molecule has 3 aromatic carbocycles. The van der Waals surface area contributed by atoms with Crippen LogP contribution in [0.5, 0.6) is 23.0 Å². The summed E-state index contributed by atoms with van der Waals surface area (Å²) in [5.41, 5.74) is 3.69. The van der Waals surface area contributed by atoms with E-state index in [2.05, 4.69) is 0 Å². The Morgan fingerprint density at radius 2 is 1.47 bits per heavy atom. The first-order valence-corrected chi connectivity index (χ1v) is 12.6. The van der Waals surface area contributed by atoms with Crippen LogP contribution in [0.4, 0.5) is 0 Å². The number of esters is 1. The molecule has 192 valence electrons. The molecule has 0 radical (unpaired) electrons. The molecule has 0 N–H and O–H groups in total. The number of ether oxygens (including phenoxy) is 4. The van der Waals surface area contributed by atoms with E-state index in [1.165, 1.54) is 0 Å². The predicted molar refractivity (Wildman–Crippen MR) is 140 cm³/mol.